The Balaban J connectivity index is 2.50. The van der Waals surface area contributed by atoms with E-state index < -0.39 is 7.53 Å². The van der Waals surface area contributed by atoms with E-state index in [0.717, 1.165) is 4.34 Å². The molecule has 0 aliphatic carbocycles. The van der Waals surface area contributed by atoms with Crippen LogP contribution < -0.4 is 5.30 Å². The minimum absolute atomic E-state index is 0.0842. The van der Waals surface area contributed by atoms with Crippen LogP contribution in [0.4, 0.5) is 8.39 Å². The standard InChI is InChI=1S/C15H22F2N3P/c1-18(2)13-14-19(3)21(16,17,20-11-7-8-12-20)15-9-5-4-6-10-15/h4-12H,13-14H2,1-3H3. The number of nitrogens with zero attached hydrogens (tertiary/aromatic N) is 3. The molecule has 0 saturated carbocycles. The molecule has 0 atom stereocenters. The van der Waals surface area contributed by atoms with E-state index in [9.17, 15) is 0 Å². The molecule has 21 heavy (non-hydrogen) atoms. The van der Waals surface area contributed by atoms with Gasteiger partial charge in [0.2, 0.25) is 0 Å². The molecule has 6 heteroatoms. The van der Waals surface area contributed by atoms with E-state index in [1.165, 1.54) is 36.2 Å². The summed E-state index contributed by atoms with van der Waals surface area (Å²) in [4.78, 5) is 1.91. The molecule has 0 spiro atoms. The van der Waals surface area contributed by atoms with Gasteiger partial charge in [-0.15, -0.1) is 0 Å². The van der Waals surface area contributed by atoms with Gasteiger partial charge in [0, 0.05) is 0 Å². The molecule has 3 nitrogen and oxygen atoms in total. The zero-order chi connectivity index (χ0) is 15.5. The molecule has 1 aromatic carbocycles. The third-order valence-electron chi connectivity index (χ3n) is 3.62. The number of benzene rings is 1. The average molecular weight is 313 g/mol. The number of likely N-dealkylation sites (N-methyl/N-ethyl adjacent to an activating group) is 2. The average Bonchev–Trinajstić information content (AvgIpc) is 3.01. The van der Waals surface area contributed by atoms with E-state index in [2.05, 4.69) is 0 Å². The normalized spacial score (nSPS) is 14.3. The van der Waals surface area contributed by atoms with Gasteiger partial charge >= 0.3 is 124 Å². The Hall–Kier alpha value is -1.29. The first kappa shape index (κ1) is 16.1. The SMILES string of the molecule is CN(C)CCN(C)P(F)(F)(c1ccccc1)n1cccc1. The number of hydrogen-bond donors (Lipinski definition) is 0. The first-order valence-corrected chi connectivity index (χ1v) is 8.79. The summed E-state index contributed by atoms with van der Waals surface area (Å²) in [5.41, 5.74) is 0. The van der Waals surface area contributed by atoms with Gasteiger partial charge < -0.3 is 0 Å². The zero-order valence-electron chi connectivity index (χ0n) is 12.7. The van der Waals surface area contributed by atoms with Gasteiger partial charge in [0.05, 0.1) is 0 Å². The third-order valence-corrected chi connectivity index (χ3v) is 7.18. The summed E-state index contributed by atoms with van der Waals surface area (Å²) in [6.07, 6.45) is 2.91. The van der Waals surface area contributed by atoms with E-state index in [0.29, 0.717) is 13.1 Å². The van der Waals surface area contributed by atoms with Gasteiger partial charge in [-0.25, -0.2) is 0 Å². The van der Waals surface area contributed by atoms with Crippen molar-refractivity contribution in [2.75, 3.05) is 34.2 Å². The van der Waals surface area contributed by atoms with Crippen molar-refractivity contribution in [3.8, 4) is 0 Å². The van der Waals surface area contributed by atoms with Crippen molar-refractivity contribution in [3.63, 3.8) is 0 Å². The number of hydrogen-bond acceptors (Lipinski definition) is 2. The molecule has 0 saturated heterocycles. The van der Waals surface area contributed by atoms with Crippen LogP contribution in [0, 0.1) is 0 Å². The molecule has 0 radical (unpaired) electrons. The van der Waals surface area contributed by atoms with Gasteiger partial charge in [0.1, 0.15) is 0 Å². The number of aromatic nitrogens is 1. The van der Waals surface area contributed by atoms with E-state index in [-0.39, 0.29) is 5.30 Å². The molecule has 0 amide bonds. The number of rotatable bonds is 6. The van der Waals surface area contributed by atoms with Crippen molar-refractivity contribution in [1.82, 2.24) is 13.9 Å². The van der Waals surface area contributed by atoms with E-state index in [1.807, 2.05) is 19.0 Å². The van der Waals surface area contributed by atoms with Crippen LogP contribution in [0.2, 0.25) is 0 Å². The second kappa shape index (κ2) is 5.84. The van der Waals surface area contributed by atoms with Gasteiger partial charge in [0.15, 0.2) is 0 Å². The van der Waals surface area contributed by atoms with Gasteiger partial charge in [-0.2, -0.15) is 0 Å². The Labute approximate surface area is 125 Å². The van der Waals surface area contributed by atoms with Crippen molar-refractivity contribution in [3.05, 3.63) is 54.9 Å². The second-order valence-corrected chi connectivity index (χ2v) is 8.72. The van der Waals surface area contributed by atoms with Crippen molar-refractivity contribution < 1.29 is 8.39 Å². The summed E-state index contributed by atoms with van der Waals surface area (Å²) in [5.74, 6) is 0. The molecule has 0 unspecified atom stereocenters. The van der Waals surface area contributed by atoms with Crippen LogP contribution in [-0.4, -0.2) is 48.1 Å². The van der Waals surface area contributed by atoms with Gasteiger partial charge in [-0.3, -0.25) is 0 Å². The maximum absolute atomic E-state index is 16.0. The number of halogens is 2. The predicted octanol–water partition coefficient (Wildman–Crippen LogP) is 3.31. The van der Waals surface area contributed by atoms with Crippen LogP contribution in [-0.2, 0) is 0 Å². The van der Waals surface area contributed by atoms with Gasteiger partial charge in [0.25, 0.3) is 0 Å². The summed E-state index contributed by atoms with van der Waals surface area (Å²) in [7, 11) is -0.110. The minimum atomic E-state index is -5.39. The van der Waals surface area contributed by atoms with Crippen molar-refractivity contribution in [1.29, 1.82) is 0 Å². The molecule has 0 fully saturated rings. The fraction of sp³-hybridized carbons (Fsp3) is 0.333. The predicted molar refractivity (Wildman–Crippen MR) is 86.2 cm³/mol. The molecular weight excluding hydrogens is 291 g/mol. The van der Waals surface area contributed by atoms with Crippen LogP contribution in [0.15, 0.2) is 54.9 Å². The fourth-order valence-corrected chi connectivity index (χ4v) is 4.96. The van der Waals surface area contributed by atoms with Crippen LogP contribution in [0.1, 0.15) is 0 Å². The summed E-state index contributed by atoms with van der Waals surface area (Å²) < 4.78 is 34.2. The van der Waals surface area contributed by atoms with Gasteiger partial charge in [-0.05, 0) is 0 Å². The van der Waals surface area contributed by atoms with Crippen LogP contribution in [0.3, 0.4) is 0 Å². The molecule has 2 rings (SSSR count). The second-order valence-electron chi connectivity index (χ2n) is 5.41. The van der Waals surface area contributed by atoms with Crippen LogP contribution in [0.5, 0.6) is 0 Å². The molecule has 116 valence electrons. The molecule has 0 aliphatic heterocycles. The van der Waals surface area contributed by atoms with Gasteiger partial charge in [-0.1, -0.05) is 0 Å². The topological polar surface area (TPSA) is 11.4 Å². The quantitative estimate of drug-likeness (QED) is 0.758. The summed E-state index contributed by atoms with van der Waals surface area (Å²) in [6.45, 7) is 0.876. The molecule has 0 aliphatic rings. The Bertz CT molecular complexity index is 570. The Kier molecular flexibility index (Phi) is 4.47. The third kappa shape index (κ3) is 2.86. The fourth-order valence-electron chi connectivity index (χ4n) is 2.25. The maximum atomic E-state index is 16.0. The van der Waals surface area contributed by atoms with Crippen molar-refractivity contribution in [2.45, 2.75) is 0 Å². The molecular formula is C15H22F2N3P. The van der Waals surface area contributed by atoms with Crippen LogP contribution in [0.25, 0.3) is 0 Å². The summed E-state index contributed by atoms with van der Waals surface area (Å²) in [5, 5.41) is 0.0842. The summed E-state index contributed by atoms with van der Waals surface area (Å²) in [6, 6.07) is 11.4. The van der Waals surface area contributed by atoms with Crippen molar-refractivity contribution in [2.24, 2.45) is 0 Å². The van der Waals surface area contributed by atoms with Crippen molar-refractivity contribution >= 4 is 12.8 Å². The van der Waals surface area contributed by atoms with Crippen LogP contribution >= 0.6 is 7.53 Å². The molecule has 2 aromatic rings. The Morgan fingerprint density at radius 3 is 2.00 bits per heavy atom. The summed E-state index contributed by atoms with van der Waals surface area (Å²) >= 11 is 0. The first-order chi connectivity index (χ1) is 9.85. The van der Waals surface area contributed by atoms with E-state index in [1.54, 1.807) is 30.3 Å². The molecule has 1 aromatic heterocycles. The molecule has 1 heterocycles. The Morgan fingerprint density at radius 2 is 1.48 bits per heavy atom. The zero-order valence-corrected chi connectivity index (χ0v) is 13.5. The first-order valence-electron chi connectivity index (χ1n) is 6.86. The molecule has 0 bridgehead atoms. The Morgan fingerprint density at radius 1 is 0.905 bits per heavy atom. The monoisotopic (exact) mass is 313 g/mol. The van der Waals surface area contributed by atoms with E-state index >= 15 is 8.39 Å². The molecule has 0 N–H and O–H groups in total. The van der Waals surface area contributed by atoms with E-state index in [4.69, 9.17) is 0 Å².